The molecule has 0 rings (SSSR count). The average Bonchev–Trinajstić information content (AvgIpc) is 2.26. The first-order valence-corrected chi connectivity index (χ1v) is 5.81. The lowest BCUT2D eigenvalue weighted by atomic mass is 10.1. The third-order valence-corrected chi connectivity index (χ3v) is 2.13. The lowest BCUT2D eigenvalue weighted by Gasteiger charge is -2.03. The minimum Gasteiger partial charge on any atom is -0.319 e. The smallest absolute Gasteiger partial charge is 0.319 e. The van der Waals surface area contributed by atoms with Crippen molar-refractivity contribution in [2.45, 2.75) is 58.8 Å². The summed E-state index contributed by atoms with van der Waals surface area (Å²) in [5, 5.41) is 12.2. The maximum Gasteiger partial charge on any atom is 0.331 e. The molecule has 0 amide bonds. The third kappa shape index (κ3) is 9.20. The first-order chi connectivity index (χ1) is 7.70. The van der Waals surface area contributed by atoms with Crippen molar-refractivity contribution in [3.8, 4) is 6.07 Å². The molecule has 0 aromatic heterocycles. The standard InChI is InChI=1S/C12H20N2O2/c1-3-4-8-12(14-16-11(2)15)9-6-5-7-10-13/h3-9H2,1-2H3/b14-12+. The molecular weight excluding hydrogens is 204 g/mol. The van der Waals surface area contributed by atoms with Gasteiger partial charge in [-0.05, 0) is 32.1 Å². The number of hydrogen-bond donors (Lipinski definition) is 0. The minimum atomic E-state index is -0.383. The highest BCUT2D eigenvalue weighted by molar-refractivity contribution is 5.84. The van der Waals surface area contributed by atoms with Crippen LogP contribution in [0.5, 0.6) is 0 Å². The van der Waals surface area contributed by atoms with Crippen LogP contribution in [0.3, 0.4) is 0 Å². The second-order valence-electron chi connectivity index (χ2n) is 3.71. The fourth-order valence-electron chi connectivity index (χ4n) is 1.26. The van der Waals surface area contributed by atoms with Gasteiger partial charge in [-0.3, -0.25) is 0 Å². The number of nitriles is 1. The Labute approximate surface area is 97.3 Å². The topological polar surface area (TPSA) is 62.4 Å². The fraction of sp³-hybridized carbons (Fsp3) is 0.750. The van der Waals surface area contributed by atoms with Crippen LogP contribution in [0, 0.1) is 11.3 Å². The van der Waals surface area contributed by atoms with Crippen molar-refractivity contribution >= 4 is 11.7 Å². The van der Waals surface area contributed by atoms with Gasteiger partial charge in [-0.2, -0.15) is 5.26 Å². The zero-order valence-electron chi connectivity index (χ0n) is 10.2. The van der Waals surface area contributed by atoms with Gasteiger partial charge in [0.25, 0.3) is 0 Å². The lowest BCUT2D eigenvalue weighted by molar-refractivity contribution is -0.140. The molecule has 0 radical (unpaired) electrons. The average molecular weight is 224 g/mol. The minimum absolute atomic E-state index is 0.383. The second kappa shape index (κ2) is 10.2. The van der Waals surface area contributed by atoms with Gasteiger partial charge in [0, 0.05) is 13.3 Å². The zero-order valence-corrected chi connectivity index (χ0v) is 10.2. The van der Waals surface area contributed by atoms with Crippen molar-refractivity contribution in [1.29, 1.82) is 5.26 Å². The Morgan fingerprint density at radius 3 is 2.56 bits per heavy atom. The molecule has 4 heteroatoms. The molecule has 0 saturated heterocycles. The van der Waals surface area contributed by atoms with Gasteiger partial charge in [0.15, 0.2) is 0 Å². The van der Waals surface area contributed by atoms with Crippen LogP contribution < -0.4 is 0 Å². The monoisotopic (exact) mass is 224 g/mol. The van der Waals surface area contributed by atoms with Crippen LogP contribution in [0.2, 0.25) is 0 Å². The molecule has 4 nitrogen and oxygen atoms in total. The first kappa shape index (κ1) is 14.6. The number of nitrogens with zero attached hydrogens (tertiary/aromatic N) is 2. The van der Waals surface area contributed by atoms with Crippen molar-refractivity contribution in [3.05, 3.63) is 0 Å². The number of rotatable bonds is 8. The first-order valence-electron chi connectivity index (χ1n) is 5.81. The summed E-state index contributed by atoms with van der Waals surface area (Å²) >= 11 is 0. The number of hydrogen-bond acceptors (Lipinski definition) is 4. The van der Waals surface area contributed by atoms with Gasteiger partial charge >= 0.3 is 5.97 Å². The zero-order chi connectivity index (χ0) is 12.2. The van der Waals surface area contributed by atoms with Crippen LogP contribution in [0.1, 0.15) is 58.8 Å². The van der Waals surface area contributed by atoms with E-state index in [9.17, 15) is 4.79 Å². The quantitative estimate of drug-likeness (QED) is 0.275. The SMILES string of the molecule is CCCC/C(CCCCC#N)=N\OC(C)=O. The van der Waals surface area contributed by atoms with E-state index in [1.54, 1.807) is 0 Å². The summed E-state index contributed by atoms with van der Waals surface area (Å²) in [5.74, 6) is -0.383. The van der Waals surface area contributed by atoms with Gasteiger partial charge in [-0.1, -0.05) is 18.5 Å². The predicted molar refractivity (Wildman–Crippen MR) is 62.8 cm³/mol. The molecule has 0 bridgehead atoms. The molecule has 0 aromatic rings. The molecule has 0 aliphatic carbocycles. The number of oxime groups is 1. The van der Waals surface area contributed by atoms with Gasteiger partial charge in [0.2, 0.25) is 0 Å². The largest absolute Gasteiger partial charge is 0.331 e. The number of carbonyl (C=O) groups is 1. The predicted octanol–water partition coefficient (Wildman–Crippen LogP) is 3.18. The maximum absolute atomic E-state index is 10.6. The summed E-state index contributed by atoms with van der Waals surface area (Å²) in [6.45, 7) is 3.45. The Morgan fingerprint density at radius 2 is 2.00 bits per heavy atom. The molecule has 0 fully saturated rings. The van der Waals surface area contributed by atoms with Gasteiger partial charge in [-0.25, -0.2) is 4.79 Å². The Bertz CT molecular complexity index is 267. The molecule has 90 valence electrons. The van der Waals surface area contributed by atoms with E-state index in [2.05, 4.69) is 23.0 Å². The van der Waals surface area contributed by atoms with E-state index in [0.717, 1.165) is 44.2 Å². The van der Waals surface area contributed by atoms with Crippen molar-refractivity contribution in [2.75, 3.05) is 0 Å². The van der Waals surface area contributed by atoms with Crippen molar-refractivity contribution in [3.63, 3.8) is 0 Å². The Kier molecular flexibility index (Phi) is 9.29. The van der Waals surface area contributed by atoms with Gasteiger partial charge in [-0.15, -0.1) is 0 Å². The molecule has 0 aliphatic heterocycles. The van der Waals surface area contributed by atoms with E-state index in [4.69, 9.17) is 5.26 Å². The molecule has 0 atom stereocenters. The van der Waals surface area contributed by atoms with Crippen LogP contribution >= 0.6 is 0 Å². The van der Waals surface area contributed by atoms with E-state index < -0.39 is 0 Å². The summed E-state index contributed by atoms with van der Waals surface area (Å²) in [5.41, 5.74) is 0.926. The Hall–Kier alpha value is -1.37. The van der Waals surface area contributed by atoms with Crippen molar-refractivity contribution in [2.24, 2.45) is 5.16 Å². The molecular formula is C12H20N2O2. The molecule has 0 heterocycles. The molecule has 0 unspecified atom stereocenters. The summed E-state index contributed by atoms with van der Waals surface area (Å²) in [6.07, 6.45) is 6.22. The molecule has 0 spiro atoms. The van der Waals surface area contributed by atoms with Crippen LogP contribution in [0.4, 0.5) is 0 Å². The summed E-state index contributed by atoms with van der Waals surface area (Å²) in [4.78, 5) is 15.3. The maximum atomic E-state index is 10.6. The van der Waals surface area contributed by atoms with E-state index >= 15 is 0 Å². The molecule has 0 aliphatic rings. The third-order valence-electron chi connectivity index (χ3n) is 2.13. The van der Waals surface area contributed by atoms with Crippen LogP contribution in [0.25, 0.3) is 0 Å². The van der Waals surface area contributed by atoms with E-state index in [1.165, 1.54) is 6.92 Å². The highest BCUT2D eigenvalue weighted by Gasteiger charge is 2.01. The van der Waals surface area contributed by atoms with Gasteiger partial charge in [0.05, 0.1) is 11.8 Å². The summed E-state index contributed by atoms with van der Waals surface area (Å²) in [7, 11) is 0. The van der Waals surface area contributed by atoms with Crippen LogP contribution in [-0.2, 0) is 9.63 Å². The second-order valence-corrected chi connectivity index (χ2v) is 3.71. The highest BCUT2D eigenvalue weighted by atomic mass is 16.7. The summed E-state index contributed by atoms with van der Waals surface area (Å²) < 4.78 is 0. The Balaban J connectivity index is 3.94. The van der Waals surface area contributed by atoms with E-state index in [1.807, 2.05) is 0 Å². The van der Waals surface area contributed by atoms with E-state index in [-0.39, 0.29) is 5.97 Å². The number of carbonyl (C=O) groups excluding carboxylic acids is 1. The molecule has 0 aromatic carbocycles. The summed E-state index contributed by atoms with van der Waals surface area (Å²) in [6, 6.07) is 2.11. The molecule has 0 saturated carbocycles. The van der Waals surface area contributed by atoms with Crippen molar-refractivity contribution < 1.29 is 9.63 Å². The van der Waals surface area contributed by atoms with Crippen LogP contribution in [0.15, 0.2) is 5.16 Å². The fourth-order valence-corrected chi connectivity index (χ4v) is 1.26. The van der Waals surface area contributed by atoms with Gasteiger partial charge < -0.3 is 4.84 Å². The number of unbranched alkanes of at least 4 members (excludes halogenated alkanes) is 3. The molecule has 0 N–H and O–H groups in total. The van der Waals surface area contributed by atoms with Gasteiger partial charge in [0.1, 0.15) is 0 Å². The van der Waals surface area contributed by atoms with Crippen LogP contribution in [-0.4, -0.2) is 11.7 Å². The normalized spacial score (nSPS) is 10.9. The van der Waals surface area contributed by atoms with Crippen molar-refractivity contribution in [1.82, 2.24) is 0 Å². The lowest BCUT2D eigenvalue weighted by Crippen LogP contribution is -2.02. The van der Waals surface area contributed by atoms with E-state index in [0.29, 0.717) is 6.42 Å². The Morgan fingerprint density at radius 1 is 1.31 bits per heavy atom. The molecule has 16 heavy (non-hydrogen) atoms. The highest BCUT2D eigenvalue weighted by Crippen LogP contribution is 2.07.